The van der Waals surface area contributed by atoms with Crippen LogP contribution in [0.5, 0.6) is 0 Å². The van der Waals surface area contributed by atoms with E-state index in [2.05, 4.69) is 26.3 Å². The average molecular weight is 1280 g/mol. The zero-order chi connectivity index (χ0) is 61.1. The number of nitrogens with zero attached hydrogens (tertiary/aromatic N) is 8. The number of hydrogen-bond acceptors (Lipinski definition) is 23. The second-order valence-electron chi connectivity index (χ2n) is 20.5. The molecular formula is C56H54N12O12S6. The molecule has 7 aromatic heterocycles. The highest BCUT2D eigenvalue weighted by Crippen LogP contribution is 2.42. The normalized spacial score (nSPS) is 18.7. The highest BCUT2D eigenvalue weighted by Gasteiger charge is 2.42. The molecule has 1 aliphatic heterocycles. The van der Waals surface area contributed by atoms with Crippen molar-refractivity contribution in [1.29, 1.82) is 0 Å². The second-order valence-corrected chi connectivity index (χ2v) is 26.3. The predicted molar refractivity (Wildman–Crippen MR) is 322 cm³/mol. The van der Waals surface area contributed by atoms with Gasteiger partial charge in [-0.1, -0.05) is 44.2 Å². The number of carbonyl (C=O) groups is 8. The fraction of sp³-hybridized carbons (Fsp3) is 0.339. The molecule has 4 atom stereocenters. The van der Waals surface area contributed by atoms with Gasteiger partial charge in [-0.3, -0.25) is 43.3 Å². The first-order valence-corrected chi connectivity index (χ1v) is 31.8. The molecule has 8 heterocycles. The van der Waals surface area contributed by atoms with E-state index < -0.39 is 90.5 Å². The van der Waals surface area contributed by atoms with Crippen LogP contribution in [0.25, 0.3) is 43.4 Å². The Kier molecular flexibility index (Phi) is 18.7. The Bertz CT molecular complexity index is 3900. The van der Waals surface area contributed by atoms with Crippen LogP contribution in [0, 0.1) is 24.7 Å². The molecule has 0 saturated heterocycles. The quantitative estimate of drug-likeness (QED) is 0.0580. The maximum atomic E-state index is 14.4. The molecule has 1 fully saturated rings. The Labute approximate surface area is 514 Å². The molecule has 1 aliphatic carbocycles. The van der Waals surface area contributed by atoms with Gasteiger partial charge in [0.15, 0.2) is 5.78 Å². The number of nitrogens with one attached hydrogen (secondary N) is 4. The van der Waals surface area contributed by atoms with Crippen LogP contribution in [-0.4, -0.2) is 125 Å². The number of aliphatic carboxylic acids is 2. The predicted octanol–water partition coefficient (Wildman–Crippen LogP) is 7.73. The number of pyridine rings is 1. The SMILES string of the molecule is CNC(=O)C[C@@H]1NC(=O)c2csc(n2)-c2ccc(-c3nc(N(CC(=O)O)C(=O)C4CC(C(=O)O)C4)cs3)nc2-c2csc(n2)-c2csc(n2)[C@H]([C@@H](O)c2ccccc2)NC(=O)CNC(=O)c2nc(sc2COC)C(C(C)C)CC(=O)c2nc1sc2C. The Morgan fingerprint density at radius 2 is 1.43 bits per heavy atom. The van der Waals surface area contributed by atoms with Crippen LogP contribution < -0.4 is 26.2 Å². The molecule has 5 amide bonds. The maximum absolute atomic E-state index is 14.4. The number of aliphatic hydroxyl groups excluding tert-OH is 1. The van der Waals surface area contributed by atoms with Crippen LogP contribution in [0.4, 0.5) is 5.82 Å². The van der Waals surface area contributed by atoms with Crippen LogP contribution in [0.1, 0.15) is 125 Å². The third kappa shape index (κ3) is 13.4. The van der Waals surface area contributed by atoms with Crippen molar-refractivity contribution < 1.29 is 58.4 Å². The average Bonchev–Trinajstić information content (AvgIpc) is 2.07. The number of Topliss-reactive ketones (excluding diaryl/α,β-unsaturated/α-hetero) is 1. The van der Waals surface area contributed by atoms with Crippen molar-refractivity contribution in [2.75, 3.05) is 32.1 Å². The summed E-state index contributed by atoms with van der Waals surface area (Å²) in [5.41, 5.74) is 2.35. The fourth-order valence-electron chi connectivity index (χ4n) is 9.60. The van der Waals surface area contributed by atoms with E-state index in [0.717, 1.165) is 50.2 Å². The molecule has 446 valence electrons. The lowest BCUT2D eigenvalue weighted by molar-refractivity contribution is -0.148. The van der Waals surface area contributed by atoms with Gasteiger partial charge in [0.25, 0.3) is 11.8 Å². The largest absolute Gasteiger partial charge is 0.481 e. The number of fused-ring (bicyclic) bond motifs is 14. The van der Waals surface area contributed by atoms with Crippen LogP contribution in [-0.2, 0) is 35.3 Å². The van der Waals surface area contributed by atoms with Gasteiger partial charge in [-0.05, 0) is 43.4 Å². The highest BCUT2D eigenvalue weighted by atomic mass is 32.1. The van der Waals surface area contributed by atoms with E-state index in [0.29, 0.717) is 68.0 Å². The summed E-state index contributed by atoms with van der Waals surface area (Å²) in [5, 5.41) is 50.9. The van der Waals surface area contributed by atoms with Crippen molar-refractivity contribution in [1.82, 2.24) is 56.2 Å². The summed E-state index contributed by atoms with van der Waals surface area (Å²) in [6.07, 6.45) is -1.46. The van der Waals surface area contributed by atoms with Crippen LogP contribution in [0.15, 0.2) is 64.0 Å². The van der Waals surface area contributed by atoms with Crippen LogP contribution >= 0.6 is 68.0 Å². The van der Waals surface area contributed by atoms with E-state index in [-0.39, 0.29) is 72.6 Å². The summed E-state index contributed by atoms with van der Waals surface area (Å²) in [6.45, 7) is 4.36. The van der Waals surface area contributed by atoms with Crippen molar-refractivity contribution in [3.05, 3.63) is 111 Å². The lowest BCUT2D eigenvalue weighted by Gasteiger charge is -2.34. The molecule has 1 saturated carbocycles. The third-order valence-corrected chi connectivity index (χ3v) is 20.0. The summed E-state index contributed by atoms with van der Waals surface area (Å²) in [4.78, 5) is 143. The highest BCUT2D eigenvalue weighted by molar-refractivity contribution is 7.15. The Morgan fingerprint density at radius 3 is 2.15 bits per heavy atom. The first-order chi connectivity index (χ1) is 41.3. The van der Waals surface area contributed by atoms with E-state index in [1.807, 2.05) is 13.8 Å². The monoisotopic (exact) mass is 1280 g/mol. The molecule has 10 bridgehead atoms. The molecular weight excluding hydrogens is 1230 g/mol. The molecule has 0 spiro atoms. The number of carboxylic acid groups (broad SMARTS) is 2. The van der Waals surface area contributed by atoms with Gasteiger partial charge in [0.1, 0.15) is 83.7 Å². The Balaban J connectivity index is 1.05. The zero-order valence-electron chi connectivity index (χ0n) is 46.4. The fourth-order valence-corrected chi connectivity index (χ4v) is 15.2. The van der Waals surface area contributed by atoms with Crippen LogP contribution in [0.2, 0.25) is 0 Å². The lowest BCUT2D eigenvalue weighted by atomic mass is 9.74. The number of methoxy groups -OCH3 is 1. The number of carboxylic acids is 2. The molecule has 1 aromatic carbocycles. The van der Waals surface area contributed by atoms with E-state index in [1.165, 1.54) is 42.2 Å². The number of hydrogen-bond donors (Lipinski definition) is 7. The van der Waals surface area contributed by atoms with Crippen molar-refractivity contribution in [2.24, 2.45) is 17.8 Å². The smallest absolute Gasteiger partial charge is 0.323 e. The number of aliphatic hydroxyl groups is 1. The van der Waals surface area contributed by atoms with Gasteiger partial charge >= 0.3 is 11.9 Å². The minimum Gasteiger partial charge on any atom is -0.481 e. The number of benzene rings is 1. The number of amides is 5. The van der Waals surface area contributed by atoms with Crippen molar-refractivity contribution in [3.8, 4) is 43.4 Å². The lowest BCUT2D eigenvalue weighted by Crippen LogP contribution is -2.46. The van der Waals surface area contributed by atoms with Gasteiger partial charge in [-0.2, -0.15) is 0 Å². The second kappa shape index (κ2) is 26.3. The van der Waals surface area contributed by atoms with E-state index in [9.17, 15) is 53.7 Å². The molecule has 0 radical (unpaired) electrons. The summed E-state index contributed by atoms with van der Waals surface area (Å²) in [6, 6.07) is 9.93. The summed E-state index contributed by atoms with van der Waals surface area (Å²) in [5.74, 6) is -7.63. The van der Waals surface area contributed by atoms with Gasteiger partial charge in [-0.25, -0.2) is 34.9 Å². The van der Waals surface area contributed by atoms with Crippen molar-refractivity contribution in [3.63, 3.8) is 0 Å². The number of rotatable bonds is 13. The Morgan fingerprint density at radius 1 is 0.733 bits per heavy atom. The van der Waals surface area contributed by atoms with Gasteiger partial charge < -0.3 is 41.3 Å². The zero-order valence-corrected chi connectivity index (χ0v) is 51.3. The van der Waals surface area contributed by atoms with Gasteiger partial charge in [-0.15, -0.1) is 68.0 Å². The molecule has 30 heteroatoms. The molecule has 86 heavy (non-hydrogen) atoms. The topological polar surface area (TPSA) is 348 Å². The molecule has 2 aliphatic rings. The number of aromatic nitrogens is 7. The minimum atomic E-state index is -1.30. The van der Waals surface area contributed by atoms with E-state index in [1.54, 1.807) is 65.5 Å². The van der Waals surface area contributed by atoms with Gasteiger partial charge in [0.05, 0.1) is 47.1 Å². The molecule has 8 aromatic rings. The standard InChI is InChI=1S/C56H54N12O12S6/c1-24(2)30-15-36(69)42-25(3)85-53(66-42)32(16-39(70)57-4)60-47(75)34-21-81-49(62-34)29-11-12-31(51-64-38(23-84-51)68(18-41(72)73)55(77)27-13-28(14-27)56(78)79)59-43(29)33-20-82-52(61-33)35-22-83-54(63-35)45(46(74)26-9-7-6-8-10-26)65-40(71)17-58-48(76)44-37(19-80-5)86-50(30)67-44/h6-12,20-24,27-28,30,32,45-46,74H,13-19H2,1-5H3,(H,57,70)(H,58,76)(H,60,75)(H,65,71)(H,72,73)(H,78,79)/t27?,28?,30?,32-,45-,46-/m0/s1. The van der Waals surface area contributed by atoms with Crippen molar-refractivity contribution >= 4 is 121 Å². The van der Waals surface area contributed by atoms with Gasteiger partial charge in [0.2, 0.25) is 17.7 Å². The van der Waals surface area contributed by atoms with Crippen LogP contribution in [0.3, 0.4) is 0 Å². The van der Waals surface area contributed by atoms with E-state index in [4.69, 9.17) is 34.6 Å². The number of aryl methyl sites for hydroxylation is 1. The molecule has 1 unspecified atom stereocenters. The first kappa shape index (κ1) is 61.1. The number of anilines is 1. The number of carbonyl (C=O) groups excluding carboxylic acids is 6. The van der Waals surface area contributed by atoms with Gasteiger partial charge in [0, 0.05) is 64.4 Å². The Hall–Kier alpha value is -7.97. The summed E-state index contributed by atoms with van der Waals surface area (Å²) < 4.78 is 5.46. The molecule has 7 N–H and O–H groups in total. The molecule has 24 nitrogen and oxygen atoms in total. The number of ether oxygens (including phenoxy) is 1. The van der Waals surface area contributed by atoms with E-state index >= 15 is 0 Å². The van der Waals surface area contributed by atoms with Crippen molar-refractivity contribution in [2.45, 2.75) is 77.2 Å². The molecule has 10 rings (SSSR count). The summed E-state index contributed by atoms with van der Waals surface area (Å²) in [7, 11) is 2.93. The summed E-state index contributed by atoms with van der Waals surface area (Å²) >= 11 is 6.97. The maximum Gasteiger partial charge on any atom is 0.323 e. The number of ketones is 1. The number of thiazole rings is 6. The first-order valence-electron chi connectivity index (χ1n) is 26.7. The third-order valence-electron chi connectivity index (χ3n) is 14.3. The minimum absolute atomic E-state index is 0.0122.